The van der Waals surface area contributed by atoms with Crippen LogP contribution in [0.4, 0.5) is 10.1 Å². The van der Waals surface area contributed by atoms with Crippen LogP contribution in [0.2, 0.25) is 5.02 Å². The van der Waals surface area contributed by atoms with E-state index in [1.54, 1.807) is 0 Å². The molecule has 2 amide bonds. The summed E-state index contributed by atoms with van der Waals surface area (Å²) in [5, 5.41) is 5.62. The van der Waals surface area contributed by atoms with Gasteiger partial charge in [0.2, 0.25) is 0 Å². The second-order valence-electron chi connectivity index (χ2n) is 6.31. The van der Waals surface area contributed by atoms with Gasteiger partial charge in [-0.25, -0.2) is 9.18 Å². The Labute approximate surface area is 173 Å². The summed E-state index contributed by atoms with van der Waals surface area (Å²) in [5.41, 5.74) is 0.368. The van der Waals surface area contributed by atoms with E-state index in [1.165, 1.54) is 30.3 Å². The molecule has 6 nitrogen and oxygen atoms in total. The zero-order valence-corrected chi connectivity index (χ0v) is 16.9. The van der Waals surface area contributed by atoms with Crippen molar-refractivity contribution in [1.82, 2.24) is 5.32 Å². The quantitative estimate of drug-likeness (QED) is 0.627. The van der Waals surface area contributed by atoms with Gasteiger partial charge >= 0.3 is 5.97 Å². The number of carbonyl (C=O) groups is 3. The van der Waals surface area contributed by atoms with Gasteiger partial charge in [0.25, 0.3) is 11.8 Å². The number of halogens is 2. The van der Waals surface area contributed by atoms with Crippen LogP contribution in [0.1, 0.15) is 47.4 Å². The predicted molar refractivity (Wildman–Crippen MR) is 109 cm³/mol. The summed E-state index contributed by atoms with van der Waals surface area (Å²) in [6.45, 7) is 3.46. The van der Waals surface area contributed by atoms with Crippen molar-refractivity contribution in [2.24, 2.45) is 0 Å². The van der Waals surface area contributed by atoms with Crippen LogP contribution in [0.5, 0.6) is 0 Å². The van der Waals surface area contributed by atoms with E-state index in [2.05, 4.69) is 10.6 Å². The molecule has 2 N–H and O–H groups in total. The summed E-state index contributed by atoms with van der Waals surface area (Å²) < 4.78 is 18.1. The van der Waals surface area contributed by atoms with Gasteiger partial charge in [0.1, 0.15) is 5.82 Å². The Bertz CT molecular complexity index is 883. The molecule has 0 spiro atoms. The third-order valence-corrected chi connectivity index (χ3v) is 4.48. The van der Waals surface area contributed by atoms with Gasteiger partial charge in [-0.05, 0) is 55.3 Å². The Hall–Kier alpha value is -2.93. The average molecular weight is 421 g/mol. The van der Waals surface area contributed by atoms with Crippen molar-refractivity contribution >= 4 is 35.1 Å². The molecule has 0 radical (unpaired) electrons. The van der Waals surface area contributed by atoms with Gasteiger partial charge in [-0.1, -0.05) is 25.4 Å². The molecule has 2 aromatic rings. The van der Waals surface area contributed by atoms with Gasteiger partial charge in [-0.2, -0.15) is 0 Å². The minimum atomic E-state index is -0.782. The number of amides is 2. The molecule has 2 rings (SSSR count). The number of carbonyl (C=O) groups excluding carboxylic acids is 3. The van der Waals surface area contributed by atoms with Crippen molar-refractivity contribution in [3.8, 4) is 0 Å². The molecule has 0 aliphatic carbocycles. The van der Waals surface area contributed by atoms with Crippen LogP contribution in [-0.4, -0.2) is 30.4 Å². The number of hydrogen-bond donors (Lipinski definition) is 2. The monoisotopic (exact) mass is 420 g/mol. The van der Waals surface area contributed by atoms with Crippen molar-refractivity contribution in [3.05, 3.63) is 64.4 Å². The lowest BCUT2D eigenvalue weighted by molar-refractivity contribution is -0.125. The van der Waals surface area contributed by atoms with Crippen molar-refractivity contribution in [1.29, 1.82) is 0 Å². The lowest BCUT2D eigenvalue weighted by atomic mass is 10.1. The Morgan fingerprint density at radius 1 is 1.07 bits per heavy atom. The molecule has 0 saturated heterocycles. The van der Waals surface area contributed by atoms with Gasteiger partial charge < -0.3 is 15.4 Å². The molecule has 2 aromatic carbocycles. The molecule has 0 saturated carbocycles. The predicted octanol–water partition coefficient (Wildman–Crippen LogP) is 4.19. The van der Waals surface area contributed by atoms with E-state index in [1.807, 2.05) is 13.8 Å². The third-order valence-electron chi connectivity index (χ3n) is 4.24. The summed E-state index contributed by atoms with van der Waals surface area (Å²) in [5.74, 6) is -2.21. The van der Waals surface area contributed by atoms with Gasteiger partial charge in [-0.3, -0.25) is 9.59 Å². The molecular weight excluding hydrogens is 399 g/mol. The minimum absolute atomic E-state index is 0.0160. The molecule has 0 aliphatic heterocycles. The lowest BCUT2D eigenvalue weighted by Crippen LogP contribution is -2.36. The number of rotatable bonds is 8. The first-order chi connectivity index (χ1) is 13.8. The molecule has 0 aromatic heterocycles. The van der Waals surface area contributed by atoms with Crippen molar-refractivity contribution in [2.75, 3.05) is 11.9 Å². The molecule has 0 heterocycles. The highest BCUT2D eigenvalue weighted by molar-refractivity contribution is 6.31. The first-order valence-corrected chi connectivity index (χ1v) is 9.54. The molecule has 154 valence electrons. The fraction of sp³-hybridized carbons (Fsp3) is 0.286. The Morgan fingerprint density at radius 3 is 2.34 bits per heavy atom. The summed E-state index contributed by atoms with van der Waals surface area (Å²) in [4.78, 5) is 36.7. The molecule has 29 heavy (non-hydrogen) atoms. The van der Waals surface area contributed by atoms with Crippen molar-refractivity contribution < 1.29 is 23.5 Å². The lowest BCUT2D eigenvalue weighted by Gasteiger charge is -2.15. The third kappa shape index (κ3) is 6.57. The number of nitrogens with one attached hydrogen (secondary N) is 2. The summed E-state index contributed by atoms with van der Waals surface area (Å²) in [6.07, 6.45) is 1.54. The number of esters is 1. The van der Waals surface area contributed by atoms with Crippen LogP contribution in [-0.2, 0) is 9.53 Å². The van der Waals surface area contributed by atoms with Crippen LogP contribution in [0.15, 0.2) is 42.5 Å². The minimum Gasteiger partial charge on any atom is -0.452 e. The van der Waals surface area contributed by atoms with E-state index in [9.17, 15) is 18.8 Å². The van der Waals surface area contributed by atoms with E-state index in [4.69, 9.17) is 16.3 Å². The van der Waals surface area contributed by atoms with Crippen molar-refractivity contribution in [2.45, 2.75) is 32.7 Å². The molecule has 8 heteroatoms. The number of ether oxygens (including phenoxy) is 1. The first kappa shape index (κ1) is 22.4. The standard InChI is InChI=1S/C21H22ClFN2O4/c1-3-16(4-2)24-19(26)12-29-21(28)17-10-7-14(22)11-18(17)25-20(27)13-5-8-15(23)9-6-13/h5-11,16H,3-4,12H2,1-2H3,(H,24,26)(H,25,27). The first-order valence-electron chi connectivity index (χ1n) is 9.17. The van der Waals surface area contributed by atoms with Crippen molar-refractivity contribution in [3.63, 3.8) is 0 Å². The fourth-order valence-electron chi connectivity index (χ4n) is 2.56. The highest BCUT2D eigenvalue weighted by Gasteiger charge is 2.18. The molecular formula is C21H22ClFN2O4. The maximum absolute atomic E-state index is 13.0. The SMILES string of the molecule is CCC(CC)NC(=O)COC(=O)c1ccc(Cl)cc1NC(=O)c1ccc(F)cc1. The highest BCUT2D eigenvalue weighted by atomic mass is 35.5. The summed E-state index contributed by atoms with van der Waals surface area (Å²) in [7, 11) is 0. The zero-order valence-electron chi connectivity index (χ0n) is 16.1. The second-order valence-corrected chi connectivity index (χ2v) is 6.74. The maximum atomic E-state index is 13.0. The van der Waals surface area contributed by atoms with Crippen LogP contribution in [0.3, 0.4) is 0 Å². The number of anilines is 1. The van der Waals surface area contributed by atoms with E-state index in [-0.39, 0.29) is 22.9 Å². The van der Waals surface area contributed by atoms with E-state index < -0.39 is 30.2 Å². The van der Waals surface area contributed by atoms with Gasteiger partial charge in [0, 0.05) is 16.6 Å². The second kappa shape index (κ2) is 10.6. The largest absolute Gasteiger partial charge is 0.452 e. The number of hydrogen-bond acceptors (Lipinski definition) is 4. The fourth-order valence-corrected chi connectivity index (χ4v) is 2.74. The highest BCUT2D eigenvalue weighted by Crippen LogP contribution is 2.23. The Morgan fingerprint density at radius 2 is 1.72 bits per heavy atom. The van der Waals surface area contributed by atoms with Crippen LogP contribution in [0.25, 0.3) is 0 Å². The zero-order chi connectivity index (χ0) is 21.4. The van der Waals surface area contributed by atoms with Gasteiger partial charge in [0.05, 0.1) is 11.3 Å². The van der Waals surface area contributed by atoms with Gasteiger partial charge in [0.15, 0.2) is 6.61 Å². The van der Waals surface area contributed by atoms with Crippen LogP contribution < -0.4 is 10.6 Å². The van der Waals surface area contributed by atoms with E-state index in [0.29, 0.717) is 5.02 Å². The van der Waals surface area contributed by atoms with E-state index in [0.717, 1.165) is 25.0 Å². The normalized spacial score (nSPS) is 10.5. The molecule has 0 fully saturated rings. The maximum Gasteiger partial charge on any atom is 0.340 e. The van der Waals surface area contributed by atoms with E-state index >= 15 is 0 Å². The average Bonchev–Trinajstić information content (AvgIpc) is 2.70. The van der Waals surface area contributed by atoms with Crippen LogP contribution in [0, 0.1) is 5.82 Å². The molecule has 0 bridgehead atoms. The summed E-state index contributed by atoms with van der Waals surface area (Å²) in [6, 6.07) is 9.21. The Kier molecular flexibility index (Phi) is 8.15. The Balaban J connectivity index is 2.08. The smallest absolute Gasteiger partial charge is 0.340 e. The summed E-state index contributed by atoms with van der Waals surface area (Å²) >= 11 is 5.97. The molecule has 0 unspecified atom stereocenters. The molecule has 0 aliphatic rings. The topological polar surface area (TPSA) is 84.5 Å². The van der Waals surface area contributed by atoms with Crippen LogP contribution >= 0.6 is 11.6 Å². The van der Waals surface area contributed by atoms with Gasteiger partial charge in [-0.15, -0.1) is 0 Å². The molecule has 0 atom stereocenters. The number of benzene rings is 2.